The van der Waals surface area contributed by atoms with Crippen LogP contribution in [0.15, 0.2) is 0 Å². The average molecular weight is 239 g/mol. The van der Waals surface area contributed by atoms with Crippen LogP contribution in [0.4, 0.5) is 0 Å². The SMILES string of the molecule is COC1C2CC1N(I)C2. The lowest BCUT2D eigenvalue weighted by atomic mass is 9.83. The zero-order valence-electron chi connectivity index (χ0n) is 5.38. The van der Waals surface area contributed by atoms with Gasteiger partial charge in [-0.15, -0.1) is 0 Å². The van der Waals surface area contributed by atoms with Gasteiger partial charge in [-0.05, 0) is 6.42 Å². The predicted octanol–water partition coefficient (Wildman–Crippen LogP) is 1.06. The van der Waals surface area contributed by atoms with Crippen LogP contribution in [0.3, 0.4) is 0 Å². The van der Waals surface area contributed by atoms with Crippen LogP contribution in [-0.2, 0) is 4.74 Å². The second-order valence-electron chi connectivity index (χ2n) is 2.85. The molecule has 0 spiro atoms. The molecule has 3 aliphatic rings. The first-order chi connectivity index (χ1) is 4.33. The van der Waals surface area contributed by atoms with Gasteiger partial charge in [0.2, 0.25) is 0 Å². The molecule has 0 amide bonds. The Morgan fingerprint density at radius 3 is 2.67 bits per heavy atom. The summed E-state index contributed by atoms with van der Waals surface area (Å²) in [5, 5.41) is 0. The molecule has 0 radical (unpaired) electrons. The number of hydrogen-bond donors (Lipinski definition) is 0. The third kappa shape index (κ3) is 0.746. The fraction of sp³-hybridized carbons (Fsp3) is 1.00. The van der Waals surface area contributed by atoms with Crippen LogP contribution < -0.4 is 0 Å². The van der Waals surface area contributed by atoms with Crippen LogP contribution in [0.25, 0.3) is 0 Å². The normalized spacial score (nSPS) is 49.3. The van der Waals surface area contributed by atoms with E-state index in [0.29, 0.717) is 6.10 Å². The highest BCUT2D eigenvalue weighted by Crippen LogP contribution is 2.44. The summed E-state index contributed by atoms with van der Waals surface area (Å²) in [5.74, 6) is 0.844. The molecule has 2 heterocycles. The van der Waals surface area contributed by atoms with Gasteiger partial charge in [0.05, 0.1) is 6.10 Å². The van der Waals surface area contributed by atoms with E-state index >= 15 is 0 Å². The number of ether oxygens (including phenoxy) is 1. The van der Waals surface area contributed by atoms with Gasteiger partial charge in [0.1, 0.15) is 0 Å². The van der Waals surface area contributed by atoms with E-state index in [9.17, 15) is 0 Å². The molecule has 0 N–H and O–H groups in total. The number of fused-ring (bicyclic) bond motifs is 1. The molecule has 0 aromatic carbocycles. The minimum Gasteiger partial charge on any atom is -0.379 e. The number of rotatable bonds is 1. The molecule has 2 bridgehead atoms. The van der Waals surface area contributed by atoms with Crippen molar-refractivity contribution in [2.75, 3.05) is 13.7 Å². The van der Waals surface area contributed by atoms with E-state index < -0.39 is 0 Å². The maximum Gasteiger partial charge on any atom is 0.0775 e. The standard InChI is InChI=1S/C6H10INO/c1-9-6-4-2-5(6)8(7)3-4/h4-6H,2-3H2,1H3. The van der Waals surface area contributed by atoms with Crippen LogP contribution in [0.1, 0.15) is 6.42 Å². The van der Waals surface area contributed by atoms with Crippen molar-refractivity contribution in [3.05, 3.63) is 0 Å². The summed E-state index contributed by atoms with van der Waals surface area (Å²) >= 11 is 2.39. The quantitative estimate of drug-likeness (QED) is 0.501. The van der Waals surface area contributed by atoms with Crippen molar-refractivity contribution in [3.63, 3.8) is 0 Å². The summed E-state index contributed by atoms with van der Waals surface area (Å²) in [6.45, 7) is 1.24. The van der Waals surface area contributed by atoms with Crippen LogP contribution in [0.2, 0.25) is 0 Å². The fourth-order valence-corrected chi connectivity index (χ4v) is 2.91. The van der Waals surface area contributed by atoms with Gasteiger partial charge in [-0.25, -0.2) is 3.11 Å². The van der Waals surface area contributed by atoms with Crippen molar-refractivity contribution in [1.29, 1.82) is 0 Å². The highest BCUT2D eigenvalue weighted by atomic mass is 127. The smallest absolute Gasteiger partial charge is 0.0775 e. The van der Waals surface area contributed by atoms with Gasteiger partial charge in [-0.1, -0.05) is 0 Å². The van der Waals surface area contributed by atoms with Crippen molar-refractivity contribution in [1.82, 2.24) is 3.11 Å². The second-order valence-corrected chi connectivity index (χ2v) is 4.09. The zero-order chi connectivity index (χ0) is 6.43. The molecular formula is C6H10INO. The first kappa shape index (κ1) is 6.37. The van der Waals surface area contributed by atoms with Crippen molar-refractivity contribution in [2.24, 2.45) is 5.92 Å². The molecule has 9 heavy (non-hydrogen) atoms. The summed E-state index contributed by atoms with van der Waals surface area (Å²) in [5.41, 5.74) is 0. The Morgan fingerprint density at radius 1 is 1.67 bits per heavy atom. The van der Waals surface area contributed by atoms with E-state index in [4.69, 9.17) is 4.74 Å². The van der Waals surface area contributed by atoms with Gasteiger partial charge >= 0.3 is 0 Å². The lowest BCUT2D eigenvalue weighted by molar-refractivity contribution is -0.00510. The van der Waals surface area contributed by atoms with Crippen LogP contribution >= 0.6 is 22.9 Å². The number of hydrogen-bond acceptors (Lipinski definition) is 2. The highest BCUT2D eigenvalue weighted by Gasteiger charge is 2.51. The van der Waals surface area contributed by atoms with Crippen molar-refractivity contribution in [2.45, 2.75) is 18.6 Å². The van der Waals surface area contributed by atoms with Gasteiger partial charge in [0.25, 0.3) is 0 Å². The van der Waals surface area contributed by atoms with E-state index in [1.165, 1.54) is 13.0 Å². The zero-order valence-corrected chi connectivity index (χ0v) is 7.54. The molecule has 52 valence electrons. The van der Waals surface area contributed by atoms with Gasteiger partial charge in [0, 0.05) is 48.5 Å². The summed E-state index contributed by atoms with van der Waals surface area (Å²) < 4.78 is 7.67. The largest absolute Gasteiger partial charge is 0.379 e. The topological polar surface area (TPSA) is 12.5 Å². The molecule has 2 saturated heterocycles. The molecular weight excluding hydrogens is 229 g/mol. The monoisotopic (exact) mass is 239 g/mol. The molecule has 0 aromatic heterocycles. The summed E-state index contributed by atoms with van der Waals surface area (Å²) in [7, 11) is 1.82. The molecule has 3 rings (SSSR count). The summed E-state index contributed by atoms with van der Waals surface area (Å²) in [4.78, 5) is 0. The van der Waals surface area contributed by atoms with E-state index in [2.05, 4.69) is 26.0 Å². The summed E-state index contributed by atoms with van der Waals surface area (Å²) in [6.07, 6.45) is 1.92. The Kier molecular flexibility index (Phi) is 1.46. The maximum absolute atomic E-state index is 5.30. The maximum atomic E-state index is 5.30. The molecule has 3 unspecified atom stereocenters. The lowest BCUT2D eigenvalue weighted by Crippen LogP contribution is -2.42. The van der Waals surface area contributed by atoms with Crippen molar-refractivity contribution >= 4 is 22.9 Å². The molecule has 3 atom stereocenters. The first-order valence-corrected chi connectivity index (χ1v) is 4.24. The Labute approximate surface area is 69.0 Å². The molecule has 2 nitrogen and oxygen atoms in total. The number of methoxy groups -OCH3 is 1. The van der Waals surface area contributed by atoms with E-state index in [-0.39, 0.29) is 0 Å². The molecule has 1 saturated carbocycles. The molecule has 1 aliphatic carbocycles. The molecule has 2 aliphatic heterocycles. The van der Waals surface area contributed by atoms with E-state index in [1.54, 1.807) is 0 Å². The van der Waals surface area contributed by atoms with Gasteiger partial charge in [0.15, 0.2) is 0 Å². The second kappa shape index (κ2) is 2.07. The minimum absolute atomic E-state index is 0.557. The number of nitrogens with zero attached hydrogens (tertiary/aromatic N) is 1. The highest BCUT2D eigenvalue weighted by molar-refractivity contribution is 14.1. The van der Waals surface area contributed by atoms with Gasteiger partial charge < -0.3 is 4.74 Å². The van der Waals surface area contributed by atoms with Crippen molar-refractivity contribution < 1.29 is 4.74 Å². The molecule has 3 heteroatoms. The summed E-state index contributed by atoms with van der Waals surface area (Å²) in [6, 6.07) is 0.737. The van der Waals surface area contributed by atoms with Crippen LogP contribution in [-0.4, -0.2) is 28.9 Å². The Balaban J connectivity index is 2.04. The van der Waals surface area contributed by atoms with Gasteiger partial charge in [-0.2, -0.15) is 0 Å². The number of halogens is 1. The van der Waals surface area contributed by atoms with Gasteiger partial charge in [-0.3, -0.25) is 0 Å². The fourth-order valence-electron chi connectivity index (χ4n) is 1.86. The lowest BCUT2D eigenvalue weighted by Gasteiger charge is -2.33. The van der Waals surface area contributed by atoms with Crippen molar-refractivity contribution in [3.8, 4) is 0 Å². The Morgan fingerprint density at radius 2 is 2.44 bits per heavy atom. The molecule has 3 fully saturated rings. The predicted molar refractivity (Wildman–Crippen MR) is 43.4 cm³/mol. The Hall–Kier alpha value is 0.650. The average Bonchev–Trinajstić information content (AvgIpc) is 2.22. The van der Waals surface area contributed by atoms with E-state index in [0.717, 1.165) is 12.0 Å². The van der Waals surface area contributed by atoms with Crippen LogP contribution in [0.5, 0.6) is 0 Å². The van der Waals surface area contributed by atoms with Crippen LogP contribution in [0, 0.1) is 5.92 Å². The third-order valence-corrected chi connectivity index (χ3v) is 3.54. The van der Waals surface area contributed by atoms with E-state index in [1.807, 2.05) is 7.11 Å². The first-order valence-electron chi connectivity index (χ1n) is 3.28. The minimum atomic E-state index is 0.557. The molecule has 0 aromatic rings. The third-order valence-electron chi connectivity index (χ3n) is 2.43. The Bertz CT molecular complexity index is 130.